The largest absolute Gasteiger partial charge is 0.462 e. The summed E-state index contributed by atoms with van der Waals surface area (Å²) in [5.41, 5.74) is 3.65. The summed E-state index contributed by atoms with van der Waals surface area (Å²) in [5, 5.41) is 21.6. The van der Waals surface area contributed by atoms with Crippen molar-refractivity contribution < 1.29 is 4.42 Å². The molecule has 0 bridgehead atoms. The quantitative estimate of drug-likeness (QED) is 0.608. The number of furan rings is 1. The van der Waals surface area contributed by atoms with Crippen LogP contribution in [0.1, 0.15) is 0 Å². The smallest absolute Gasteiger partial charge is 0.237 e. The fraction of sp³-hybridized carbons (Fsp3) is 0. The van der Waals surface area contributed by atoms with E-state index in [9.17, 15) is 0 Å². The van der Waals surface area contributed by atoms with Crippen LogP contribution in [0.2, 0.25) is 0 Å². The van der Waals surface area contributed by atoms with E-state index in [4.69, 9.17) is 14.9 Å². The fourth-order valence-electron chi connectivity index (χ4n) is 1.27. The molecule has 1 aromatic carbocycles. The van der Waals surface area contributed by atoms with Crippen LogP contribution in [0, 0.1) is 22.7 Å². The third-order valence-electron chi connectivity index (χ3n) is 1.98. The van der Waals surface area contributed by atoms with Gasteiger partial charge >= 0.3 is 0 Å². The molecule has 0 aliphatic heterocycles. The molecule has 5 heteroatoms. The summed E-state index contributed by atoms with van der Waals surface area (Å²) in [4.78, 5) is 0. The number of para-hydroxylation sites is 1. The molecule has 1 aromatic heterocycles. The molecule has 0 saturated carbocycles. The van der Waals surface area contributed by atoms with Crippen LogP contribution in [0.15, 0.2) is 40.0 Å². The Kier molecular flexibility index (Phi) is 2.53. The number of nitrogens with one attached hydrogen (secondary N) is 1. The number of rotatable bonds is 2. The molecule has 0 amide bonds. The van der Waals surface area contributed by atoms with Gasteiger partial charge in [-0.15, -0.1) is 0 Å². The molecule has 0 fully saturated rings. The second kappa shape index (κ2) is 4.16. The molecule has 5 nitrogen and oxygen atoms in total. The molecule has 1 N–H and O–H groups in total. The zero-order valence-corrected chi connectivity index (χ0v) is 8.14. The molecule has 0 atom stereocenters. The molecular formula is C11H6N4O. The van der Waals surface area contributed by atoms with E-state index in [-0.39, 0.29) is 5.71 Å². The van der Waals surface area contributed by atoms with E-state index >= 15 is 0 Å². The minimum absolute atomic E-state index is 0.233. The van der Waals surface area contributed by atoms with Gasteiger partial charge in [0.1, 0.15) is 12.1 Å². The third-order valence-corrected chi connectivity index (χ3v) is 1.98. The Bertz CT molecular complexity index is 611. The second-order valence-electron chi connectivity index (χ2n) is 2.94. The summed E-state index contributed by atoms with van der Waals surface area (Å²) in [6.07, 6.45) is 1.56. The van der Waals surface area contributed by atoms with Gasteiger partial charge in [0.05, 0.1) is 12.0 Å². The number of hydrogen-bond acceptors (Lipinski definition) is 5. The lowest BCUT2D eigenvalue weighted by Crippen LogP contribution is -1.96. The van der Waals surface area contributed by atoms with Gasteiger partial charge in [-0.05, 0) is 12.1 Å². The monoisotopic (exact) mass is 210 g/mol. The van der Waals surface area contributed by atoms with Crippen LogP contribution in [0.3, 0.4) is 0 Å². The fourth-order valence-corrected chi connectivity index (χ4v) is 1.27. The average Bonchev–Trinajstić information content (AvgIpc) is 2.79. The minimum atomic E-state index is -0.233. The van der Waals surface area contributed by atoms with E-state index in [1.807, 2.05) is 18.2 Å². The number of nitrogens with zero attached hydrogens (tertiary/aromatic N) is 3. The third kappa shape index (κ3) is 1.70. The van der Waals surface area contributed by atoms with E-state index in [0.717, 1.165) is 5.39 Å². The summed E-state index contributed by atoms with van der Waals surface area (Å²) in [5.74, 6) is 0. The standard InChI is InChI=1S/C11H6N4O/c12-6-9(7-13)14-15-10-3-1-2-8-4-5-16-11(8)10/h1-5,15H. The summed E-state index contributed by atoms with van der Waals surface area (Å²) in [6.45, 7) is 0. The first-order valence-corrected chi connectivity index (χ1v) is 4.45. The molecule has 2 aromatic rings. The number of hydrazone groups is 1. The SMILES string of the molecule is N#CC(C#N)=NNc1cccc2ccoc12. The van der Waals surface area contributed by atoms with Crippen molar-refractivity contribution in [2.75, 3.05) is 5.43 Å². The Morgan fingerprint density at radius 2 is 2.06 bits per heavy atom. The lowest BCUT2D eigenvalue weighted by Gasteiger charge is -1.99. The zero-order valence-electron chi connectivity index (χ0n) is 8.14. The molecule has 0 radical (unpaired) electrons. The molecule has 0 saturated heterocycles. The highest BCUT2D eigenvalue weighted by molar-refractivity contribution is 6.10. The summed E-state index contributed by atoms with van der Waals surface area (Å²) in [7, 11) is 0. The number of anilines is 1. The predicted molar refractivity (Wildman–Crippen MR) is 58.5 cm³/mol. The maximum Gasteiger partial charge on any atom is 0.237 e. The van der Waals surface area contributed by atoms with E-state index in [2.05, 4.69) is 10.5 Å². The van der Waals surface area contributed by atoms with Crippen molar-refractivity contribution in [1.82, 2.24) is 0 Å². The normalized spacial score (nSPS) is 9.12. The van der Waals surface area contributed by atoms with Crippen LogP contribution in [-0.2, 0) is 0 Å². The van der Waals surface area contributed by atoms with Gasteiger partial charge in [-0.2, -0.15) is 15.6 Å². The first-order chi connectivity index (χ1) is 7.85. The maximum absolute atomic E-state index is 8.51. The van der Waals surface area contributed by atoms with E-state index in [0.29, 0.717) is 11.3 Å². The van der Waals surface area contributed by atoms with Crippen molar-refractivity contribution in [2.24, 2.45) is 5.10 Å². The maximum atomic E-state index is 8.51. The highest BCUT2D eigenvalue weighted by Gasteiger charge is 2.02. The Balaban J connectivity index is 2.36. The number of fused-ring (bicyclic) bond motifs is 1. The van der Waals surface area contributed by atoms with Crippen LogP contribution >= 0.6 is 0 Å². The Labute approximate surface area is 91.2 Å². The molecule has 16 heavy (non-hydrogen) atoms. The van der Waals surface area contributed by atoms with Gasteiger partial charge in [-0.1, -0.05) is 12.1 Å². The molecular weight excluding hydrogens is 204 g/mol. The van der Waals surface area contributed by atoms with Crippen molar-refractivity contribution in [1.29, 1.82) is 10.5 Å². The van der Waals surface area contributed by atoms with Crippen LogP contribution in [0.25, 0.3) is 11.0 Å². The van der Waals surface area contributed by atoms with E-state index < -0.39 is 0 Å². The summed E-state index contributed by atoms with van der Waals surface area (Å²) in [6, 6.07) is 10.6. The Morgan fingerprint density at radius 1 is 1.25 bits per heavy atom. The summed E-state index contributed by atoms with van der Waals surface area (Å²) >= 11 is 0. The van der Waals surface area contributed by atoms with Gasteiger partial charge in [0.2, 0.25) is 5.71 Å². The highest BCUT2D eigenvalue weighted by Crippen LogP contribution is 2.23. The van der Waals surface area contributed by atoms with Crippen molar-refractivity contribution in [2.45, 2.75) is 0 Å². The second-order valence-corrected chi connectivity index (χ2v) is 2.94. The van der Waals surface area contributed by atoms with E-state index in [1.54, 1.807) is 24.5 Å². The van der Waals surface area contributed by atoms with Gasteiger partial charge in [-0.3, -0.25) is 5.43 Å². The van der Waals surface area contributed by atoms with Crippen LogP contribution in [0.4, 0.5) is 5.69 Å². The van der Waals surface area contributed by atoms with Crippen molar-refractivity contribution in [3.63, 3.8) is 0 Å². The van der Waals surface area contributed by atoms with Crippen molar-refractivity contribution >= 4 is 22.4 Å². The van der Waals surface area contributed by atoms with Gasteiger partial charge < -0.3 is 4.42 Å². The number of hydrogen-bond donors (Lipinski definition) is 1. The predicted octanol–water partition coefficient (Wildman–Crippen LogP) is 2.25. The van der Waals surface area contributed by atoms with Crippen LogP contribution in [0.5, 0.6) is 0 Å². The number of nitriles is 2. The van der Waals surface area contributed by atoms with Crippen molar-refractivity contribution in [3.05, 3.63) is 30.5 Å². The topological polar surface area (TPSA) is 85.1 Å². The number of benzene rings is 1. The summed E-state index contributed by atoms with van der Waals surface area (Å²) < 4.78 is 5.25. The molecule has 0 spiro atoms. The van der Waals surface area contributed by atoms with Gasteiger partial charge in [0.25, 0.3) is 0 Å². The first-order valence-electron chi connectivity index (χ1n) is 4.45. The van der Waals surface area contributed by atoms with Crippen LogP contribution in [-0.4, -0.2) is 5.71 Å². The molecule has 0 unspecified atom stereocenters. The first kappa shape index (κ1) is 9.75. The minimum Gasteiger partial charge on any atom is -0.462 e. The lowest BCUT2D eigenvalue weighted by molar-refractivity contribution is 0.616. The van der Waals surface area contributed by atoms with Gasteiger partial charge in [0, 0.05) is 5.39 Å². The molecule has 0 aliphatic rings. The molecule has 1 heterocycles. The van der Waals surface area contributed by atoms with Crippen molar-refractivity contribution in [3.8, 4) is 12.1 Å². The lowest BCUT2D eigenvalue weighted by atomic mass is 10.2. The average molecular weight is 210 g/mol. The Morgan fingerprint density at radius 3 is 2.81 bits per heavy atom. The van der Waals surface area contributed by atoms with Gasteiger partial charge in [-0.25, -0.2) is 0 Å². The zero-order chi connectivity index (χ0) is 11.4. The van der Waals surface area contributed by atoms with Gasteiger partial charge in [0.15, 0.2) is 5.58 Å². The Hall–Kier alpha value is -2.79. The molecule has 0 aliphatic carbocycles. The molecule has 2 rings (SSSR count). The molecule has 76 valence electrons. The highest BCUT2D eigenvalue weighted by atomic mass is 16.3. The van der Waals surface area contributed by atoms with E-state index in [1.165, 1.54) is 0 Å². The van der Waals surface area contributed by atoms with Crippen LogP contribution < -0.4 is 5.43 Å².